The maximum absolute atomic E-state index is 3.62. The van der Waals surface area contributed by atoms with E-state index in [1.54, 1.807) is 0 Å². The summed E-state index contributed by atoms with van der Waals surface area (Å²) in [6.07, 6.45) is 2.72. The van der Waals surface area contributed by atoms with Gasteiger partial charge in [-0.2, -0.15) is 0 Å². The lowest BCUT2D eigenvalue weighted by Gasteiger charge is -2.25. The molecule has 1 aromatic rings. The van der Waals surface area contributed by atoms with Gasteiger partial charge in [0.25, 0.3) is 0 Å². The molecule has 1 heteroatoms. The zero-order chi connectivity index (χ0) is 10.9. The van der Waals surface area contributed by atoms with E-state index in [0.717, 1.165) is 6.54 Å². The lowest BCUT2D eigenvalue weighted by atomic mass is 9.91. The quantitative estimate of drug-likeness (QED) is 0.790. The molecule has 15 heavy (non-hydrogen) atoms. The summed E-state index contributed by atoms with van der Waals surface area (Å²) in [5, 5.41) is 3.62. The van der Waals surface area contributed by atoms with E-state index in [1.165, 1.54) is 24.0 Å². The maximum Gasteiger partial charge on any atom is 0.0374 e. The number of hydrogen-bond acceptors (Lipinski definition) is 1. The van der Waals surface area contributed by atoms with Crippen LogP contribution in [0.25, 0.3) is 0 Å². The van der Waals surface area contributed by atoms with Gasteiger partial charge >= 0.3 is 0 Å². The molecule has 1 N–H and O–H groups in total. The van der Waals surface area contributed by atoms with Crippen molar-refractivity contribution < 1.29 is 0 Å². The molecule has 0 spiro atoms. The van der Waals surface area contributed by atoms with Gasteiger partial charge in [0.05, 0.1) is 0 Å². The highest BCUT2D eigenvalue weighted by molar-refractivity contribution is 5.27. The van der Waals surface area contributed by atoms with Crippen LogP contribution in [-0.2, 0) is 0 Å². The van der Waals surface area contributed by atoms with Crippen LogP contribution < -0.4 is 5.32 Å². The molecule has 0 amide bonds. The monoisotopic (exact) mass is 203 g/mol. The molecular weight excluding hydrogens is 182 g/mol. The van der Waals surface area contributed by atoms with Crippen LogP contribution in [-0.4, -0.2) is 6.54 Å². The summed E-state index contributed by atoms with van der Waals surface area (Å²) in [7, 11) is 0. The van der Waals surface area contributed by atoms with Gasteiger partial charge in [0, 0.05) is 6.04 Å². The normalized spacial score (nSPS) is 19.9. The Kier molecular flexibility index (Phi) is 2.83. The van der Waals surface area contributed by atoms with E-state index in [1.807, 2.05) is 0 Å². The molecule has 0 bridgehead atoms. The first kappa shape index (κ1) is 10.7. The molecule has 1 fully saturated rings. The minimum absolute atomic E-state index is 0.505. The fourth-order valence-corrected chi connectivity index (χ4v) is 2.22. The molecule has 1 aliphatic carbocycles. The zero-order valence-electron chi connectivity index (χ0n) is 10.0. The van der Waals surface area contributed by atoms with Gasteiger partial charge in [-0.15, -0.1) is 0 Å². The lowest BCUT2D eigenvalue weighted by molar-refractivity contribution is 0.373. The lowest BCUT2D eigenvalue weighted by Crippen LogP contribution is -2.27. The minimum Gasteiger partial charge on any atom is -0.310 e. The van der Waals surface area contributed by atoms with E-state index >= 15 is 0 Å². The van der Waals surface area contributed by atoms with Crippen LogP contribution in [0.2, 0.25) is 0 Å². The van der Waals surface area contributed by atoms with Gasteiger partial charge in [-0.25, -0.2) is 0 Å². The Hall–Kier alpha value is -0.820. The van der Waals surface area contributed by atoms with Gasteiger partial charge in [0.15, 0.2) is 0 Å². The van der Waals surface area contributed by atoms with Crippen molar-refractivity contribution in [1.82, 2.24) is 5.32 Å². The van der Waals surface area contributed by atoms with Crippen LogP contribution in [0.1, 0.15) is 43.9 Å². The van der Waals surface area contributed by atoms with Gasteiger partial charge in [0.1, 0.15) is 0 Å². The van der Waals surface area contributed by atoms with Crippen LogP contribution in [0.15, 0.2) is 24.3 Å². The van der Waals surface area contributed by atoms with Crippen LogP contribution in [0.3, 0.4) is 0 Å². The fourth-order valence-electron chi connectivity index (χ4n) is 2.22. The molecular formula is C14H21N. The van der Waals surface area contributed by atoms with E-state index in [4.69, 9.17) is 0 Å². The van der Waals surface area contributed by atoms with Crippen molar-refractivity contribution in [3.63, 3.8) is 0 Å². The van der Waals surface area contributed by atoms with Gasteiger partial charge in [-0.05, 0) is 37.3 Å². The van der Waals surface area contributed by atoms with E-state index in [-0.39, 0.29) is 0 Å². The highest BCUT2D eigenvalue weighted by Gasteiger charge is 2.44. The summed E-state index contributed by atoms with van der Waals surface area (Å²) in [6.45, 7) is 7.77. The molecule has 2 rings (SSSR count). The molecule has 1 unspecified atom stereocenters. The fraction of sp³-hybridized carbons (Fsp3) is 0.571. The van der Waals surface area contributed by atoms with Crippen molar-refractivity contribution in [3.05, 3.63) is 35.4 Å². The summed E-state index contributed by atoms with van der Waals surface area (Å²) >= 11 is 0. The highest BCUT2D eigenvalue weighted by atomic mass is 14.9. The average molecular weight is 203 g/mol. The maximum atomic E-state index is 3.62. The largest absolute Gasteiger partial charge is 0.310 e. The molecule has 0 aromatic heterocycles. The first-order valence-corrected chi connectivity index (χ1v) is 5.96. The highest BCUT2D eigenvalue weighted by Crippen LogP contribution is 2.54. The average Bonchev–Trinajstić information content (AvgIpc) is 2.96. The number of rotatable bonds is 4. The second-order valence-electron chi connectivity index (χ2n) is 5.06. The number of benzene rings is 1. The number of hydrogen-bond donors (Lipinski definition) is 1. The van der Waals surface area contributed by atoms with Gasteiger partial charge in [-0.3, -0.25) is 0 Å². The van der Waals surface area contributed by atoms with E-state index in [9.17, 15) is 0 Å². The van der Waals surface area contributed by atoms with Crippen molar-refractivity contribution in [1.29, 1.82) is 0 Å². The Morgan fingerprint density at radius 3 is 2.33 bits per heavy atom. The number of aryl methyl sites for hydroxylation is 1. The predicted molar refractivity (Wildman–Crippen MR) is 64.9 cm³/mol. The topological polar surface area (TPSA) is 12.0 Å². The molecule has 1 aromatic carbocycles. The molecule has 0 aliphatic heterocycles. The summed E-state index contributed by atoms with van der Waals surface area (Å²) in [4.78, 5) is 0. The molecule has 1 nitrogen and oxygen atoms in total. The third-order valence-corrected chi connectivity index (χ3v) is 3.55. The number of nitrogens with one attached hydrogen (secondary N) is 1. The van der Waals surface area contributed by atoms with Crippen molar-refractivity contribution in [2.45, 2.75) is 39.7 Å². The molecule has 0 saturated heterocycles. The van der Waals surface area contributed by atoms with E-state index in [2.05, 4.69) is 50.4 Å². The van der Waals surface area contributed by atoms with Crippen molar-refractivity contribution >= 4 is 0 Å². The Morgan fingerprint density at radius 2 is 1.87 bits per heavy atom. The smallest absolute Gasteiger partial charge is 0.0374 e. The third-order valence-electron chi connectivity index (χ3n) is 3.55. The van der Waals surface area contributed by atoms with E-state index in [0.29, 0.717) is 11.5 Å². The van der Waals surface area contributed by atoms with Crippen LogP contribution in [0, 0.1) is 12.3 Å². The Balaban J connectivity index is 2.20. The molecule has 82 valence electrons. The predicted octanol–water partition coefficient (Wildman–Crippen LogP) is 3.45. The van der Waals surface area contributed by atoms with Crippen LogP contribution in [0.5, 0.6) is 0 Å². The minimum atomic E-state index is 0.505. The van der Waals surface area contributed by atoms with Gasteiger partial charge in [-0.1, -0.05) is 43.7 Å². The second kappa shape index (κ2) is 3.97. The Morgan fingerprint density at radius 1 is 1.27 bits per heavy atom. The summed E-state index contributed by atoms with van der Waals surface area (Å²) in [5.41, 5.74) is 3.29. The second-order valence-corrected chi connectivity index (χ2v) is 5.06. The van der Waals surface area contributed by atoms with Gasteiger partial charge < -0.3 is 5.32 Å². The summed E-state index contributed by atoms with van der Waals surface area (Å²) < 4.78 is 0. The molecule has 1 atom stereocenters. The van der Waals surface area contributed by atoms with Crippen LogP contribution >= 0.6 is 0 Å². The van der Waals surface area contributed by atoms with E-state index < -0.39 is 0 Å². The van der Waals surface area contributed by atoms with Crippen molar-refractivity contribution in [2.75, 3.05) is 6.54 Å². The molecule has 1 saturated carbocycles. The molecule has 0 heterocycles. The SMILES string of the molecule is CCNC(c1ccc(C)cc1)C1(C)CC1. The zero-order valence-corrected chi connectivity index (χ0v) is 10.0. The van der Waals surface area contributed by atoms with Crippen molar-refractivity contribution in [2.24, 2.45) is 5.41 Å². The molecule has 0 radical (unpaired) electrons. The summed E-state index contributed by atoms with van der Waals surface area (Å²) in [5.74, 6) is 0. The third kappa shape index (κ3) is 2.23. The summed E-state index contributed by atoms with van der Waals surface area (Å²) in [6, 6.07) is 9.51. The molecule has 1 aliphatic rings. The van der Waals surface area contributed by atoms with Crippen LogP contribution in [0.4, 0.5) is 0 Å². The standard InChI is InChI=1S/C14H21N/c1-4-15-13(14(3)9-10-14)12-7-5-11(2)6-8-12/h5-8,13,15H,4,9-10H2,1-3H3. The first-order valence-electron chi connectivity index (χ1n) is 5.96. The van der Waals surface area contributed by atoms with Crippen molar-refractivity contribution in [3.8, 4) is 0 Å². The Bertz CT molecular complexity index is 322. The first-order chi connectivity index (χ1) is 7.15. The Labute approximate surface area is 92.9 Å². The van der Waals surface area contributed by atoms with Gasteiger partial charge in [0.2, 0.25) is 0 Å².